The zero-order valence-corrected chi connectivity index (χ0v) is 13.0. The third kappa shape index (κ3) is 3.49. The van der Waals surface area contributed by atoms with Gasteiger partial charge in [0.2, 0.25) is 0 Å². The maximum atomic E-state index is 3.75. The summed E-state index contributed by atoms with van der Waals surface area (Å²) in [4.78, 5) is 0. The maximum absolute atomic E-state index is 3.75. The number of hydrogen-bond donors (Lipinski definition) is 1. The molecule has 0 heterocycles. The van der Waals surface area contributed by atoms with Crippen molar-refractivity contribution >= 4 is 15.9 Å². The van der Waals surface area contributed by atoms with E-state index in [4.69, 9.17) is 0 Å². The highest BCUT2D eigenvalue weighted by Crippen LogP contribution is 2.25. The van der Waals surface area contributed by atoms with Crippen molar-refractivity contribution in [2.45, 2.75) is 51.0 Å². The number of aryl methyl sites for hydroxylation is 1. The predicted molar refractivity (Wildman–Crippen MR) is 84.5 cm³/mol. The van der Waals surface area contributed by atoms with Gasteiger partial charge in [0.25, 0.3) is 0 Å². The summed E-state index contributed by atoms with van der Waals surface area (Å²) in [5.74, 6) is 0. The summed E-state index contributed by atoms with van der Waals surface area (Å²) in [7, 11) is 0. The lowest BCUT2D eigenvalue weighted by Gasteiger charge is -2.26. The standard InChI is InChI=1S/C17H22BrN/c18-16-7-5-15-12-17(8-6-14(15)11-16)19-10-9-13-3-1-2-4-13/h3,5,7,11,17,19H,1-2,4,6,8-10,12H2. The lowest BCUT2D eigenvalue weighted by molar-refractivity contribution is 0.460. The van der Waals surface area contributed by atoms with Crippen LogP contribution in [0.4, 0.5) is 0 Å². The largest absolute Gasteiger partial charge is 0.313 e. The summed E-state index contributed by atoms with van der Waals surface area (Å²) in [5, 5.41) is 3.75. The Morgan fingerprint density at radius 3 is 3.00 bits per heavy atom. The van der Waals surface area contributed by atoms with Gasteiger partial charge in [-0.25, -0.2) is 0 Å². The normalized spacial score (nSPS) is 22.2. The Morgan fingerprint density at radius 1 is 1.21 bits per heavy atom. The number of fused-ring (bicyclic) bond motifs is 1. The molecule has 1 N–H and O–H groups in total. The van der Waals surface area contributed by atoms with Crippen LogP contribution in [-0.4, -0.2) is 12.6 Å². The molecule has 0 bridgehead atoms. The fraction of sp³-hybridized carbons (Fsp3) is 0.529. The van der Waals surface area contributed by atoms with Crippen molar-refractivity contribution < 1.29 is 0 Å². The second-order valence-electron chi connectivity index (χ2n) is 5.81. The number of hydrogen-bond acceptors (Lipinski definition) is 1. The van der Waals surface area contributed by atoms with E-state index in [-0.39, 0.29) is 0 Å². The molecule has 0 fully saturated rings. The molecule has 2 heteroatoms. The maximum Gasteiger partial charge on any atom is 0.0178 e. The first-order valence-corrected chi connectivity index (χ1v) is 8.29. The lowest BCUT2D eigenvalue weighted by atomic mass is 9.88. The van der Waals surface area contributed by atoms with Crippen molar-refractivity contribution in [3.8, 4) is 0 Å². The smallest absolute Gasteiger partial charge is 0.0178 e. The monoisotopic (exact) mass is 319 g/mol. The molecule has 3 rings (SSSR count). The Balaban J connectivity index is 1.50. The van der Waals surface area contributed by atoms with Crippen molar-refractivity contribution in [2.75, 3.05) is 6.54 Å². The second-order valence-corrected chi connectivity index (χ2v) is 6.73. The predicted octanol–water partition coefficient (Wildman–Crippen LogP) is 4.40. The third-order valence-electron chi connectivity index (χ3n) is 4.41. The first-order valence-electron chi connectivity index (χ1n) is 7.50. The number of rotatable bonds is 4. The summed E-state index contributed by atoms with van der Waals surface area (Å²) in [5.41, 5.74) is 4.74. The molecule has 2 aliphatic carbocycles. The number of benzene rings is 1. The lowest BCUT2D eigenvalue weighted by Crippen LogP contribution is -2.35. The van der Waals surface area contributed by atoms with E-state index in [0.29, 0.717) is 6.04 Å². The minimum absolute atomic E-state index is 0.677. The van der Waals surface area contributed by atoms with E-state index < -0.39 is 0 Å². The van der Waals surface area contributed by atoms with Gasteiger partial charge in [-0.15, -0.1) is 0 Å². The summed E-state index contributed by atoms with van der Waals surface area (Å²) in [6, 6.07) is 7.42. The molecule has 2 aliphatic rings. The molecular formula is C17H22BrN. The van der Waals surface area contributed by atoms with E-state index in [9.17, 15) is 0 Å². The molecule has 19 heavy (non-hydrogen) atoms. The Bertz CT molecular complexity index is 478. The van der Waals surface area contributed by atoms with Gasteiger partial charge < -0.3 is 5.32 Å². The molecule has 102 valence electrons. The first-order chi connectivity index (χ1) is 9.31. The van der Waals surface area contributed by atoms with Crippen LogP contribution < -0.4 is 5.32 Å². The Labute approximate surface area is 124 Å². The van der Waals surface area contributed by atoms with Crippen LogP contribution in [0.1, 0.15) is 43.2 Å². The molecule has 0 radical (unpaired) electrons. The molecule has 0 saturated heterocycles. The fourth-order valence-electron chi connectivity index (χ4n) is 3.30. The van der Waals surface area contributed by atoms with Crippen LogP contribution in [0.3, 0.4) is 0 Å². The number of allylic oxidation sites excluding steroid dienone is 1. The van der Waals surface area contributed by atoms with Crippen molar-refractivity contribution in [3.63, 3.8) is 0 Å². The highest BCUT2D eigenvalue weighted by Gasteiger charge is 2.18. The van der Waals surface area contributed by atoms with E-state index in [2.05, 4.69) is 45.5 Å². The van der Waals surface area contributed by atoms with Gasteiger partial charge in [0.15, 0.2) is 0 Å². The van der Waals surface area contributed by atoms with Gasteiger partial charge in [0.05, 0.1) is 0 Å². The SMILES string of the molecule is Brc1ccc2c(c1)CCC(NCCC1=CCCC1)C2. The van der Waals surface area contributed by atoms with Crippen LogP contribution in [0.15, 0.2) is 34.3 Å². The third-order valence-corrected chi connectivity index (χ3v) is 4.90. The van der Waals surface area contributed by atoms with E-state index in [0.717, 1.165) is 6.54 Å². The van der Waals surface area contributed by atoms with E-state index >= 15 is 0 Å². The Kier molecular flexibility index (Phi) is 4.39. The van der Waals surface area contributed by atoms with Crippen LogP contribution in [0, 0.1) is 0 Å². The van der Waals surface area contributed by atoms with Gasteiger partial charge in [0, 0.05) is 10.5 Å². The first kappa shape index (κ1) is 13.4. The van der Waals surface area contributed by atoms with Crippen LogP contribution >= 0.6 is 15.9 Å². The molecule has 1 unspecified atom stereocenters. The molecule has 0 amide bonds. The highest BCUT2D eigenvalue weighted by molar-refractivity contribution is 9.10. The molecular weight excluding hydrogens is 298 g/mol. The summed E-state index contributed by atoms with van der Waals surface area (Å²) < 4.78 is 1.21. The van der Waals surface area contributed by atoms with Gasteiger partial charge in [-0.2, -0.15) is 0 Å². The van der Waals surface area contributed by atoms with Gasteiger partial charge in [-0.1, -0.05) is 33.6 Å². The average molecular weight is 320 g/mol. The van der Waals surface area contributed by atoms with E-state index in [1.54, 1.807) is 5.57 Å². The topological polar surface area (TPSA) is 12.0 Å². The quantitative estimate of drug-likeness (QED) is 0.811. The molecule has 1 aromatic carbocycles. The van der Waals surface area contributed by atoms with Crippen LogP contribution in [0.25, 0.3) is 0 Å². The average Bonchev–Trinajstić information content (AvgIpc) is 2.92. The van der Waals surface area contributed by atoms with Gasteiger partial charge >= 0.3 is 0 Å². The molecule has 0 aliphatic heterocycles. The van der Waals surface area contributed by atoms with Crippen molar-refractivity contribution in [2.24, 2.45) is 0 Å². The van der Waals surface area contributed by atoms with Crippen LogP contribution in [0.2, 0.25) is 0 Å². The van der Waals surface area contributed by atoms with Gasteiger partial charge in [0.1, 0.15) is 0 Å². The van der Waals surface area contributed by atoms with Crippen LogP contribution in [0.5, 0.6) is 0 Å². The number of halogens is 1. The Morgan fingerprint density at radius 2 is 2.16 bits per heavy atom. The second kappa shape index (κ2) is 6.23. The van der Waals surface area contributed by atoms with Gasteiger partial charge in [-0.05, 0) is 74.8 Å². The summed E-state index contributed by atoms with van der Waals surface area (Å²) >= 11 is 3.56. The molecule has 0 aromatic heterocycles. The molecule has 1 nitrogen and oxygen atoms in total. The fourth-order valence-corrected chi connectivity index (χ4v) is 3.71. The Hall–Kier alpha value is -0.600. The van der Waals surface area contributed by atoms with E-state index in [1.807, 2.05) is 0 Å². The van der Waals surface area contributed by atoms with Crippen molar-refractivity contribution in [1.29, 1.82) is 0 Å². The molecule has 0 spiro atoms. The van der Waals surface area contributed by atoms with Crippen LogP contribution in [-0.2, 0) is 12.8 Å². The van der Waals surface area contributed by atoms with E-state index in [1.165, 1.54) is 60.5 Å². The number of nitrogens with one attached hydrogen (secondary N) is 1. The molecule has 1 aromatic rings. The van der Waals surface area contributed by atoms with Crippen molar-refractivity contribution in [3.05, 3.63) is 45.4 Å². The summed E-state index contributed by atoms with van der Waals surface area (Å²) in [6.07, 6.45) is 11.4. The van der Waals surface area contributed by atoms with Gasteiger partial charge in [-0.3, -0.25) is 0 Å². The van der Waals surface area contributed by atoms with Crippen molar-refractivity contribution in [1.82, 2.24) is 5.32 Å². The minimum Gasteiger partial charge on any atom is -0.313 e. The zero-order valence-electron chi connectivity index (χ0n) is 11.4. The minimum atomic E-state index is 0.677. The molecule has 1 atom stereocenters. The molecule has 0 saturated carbocycles. The highest BCUT2D eigenvalue weighted by atomic mass is 79.9. The zero-order chi connectivity index (χ0) is 13.1. The summed E-state index contributed by atoms with van der Waals surface area (Å²) in [6.45, 7) is 1.16.